The molecule has 0 saturated carbocycles. The predicted octanol–water partition coefficient (Wildman–Crippen LogP) is 1.30. The minimum atomic E-state index is -0.917. The van der Waals surface area contributed by atoms with Crippen LogP contribution in [0.15, 0.2) is 24.3 Å². The van der Waals surface area contributed by atoms with Crippen LogP contribution in [0.25, 0.3) is 0 Å². The third-order valence-corrected chi connectivity index (χ3v) is 2.07. The van der Waals surface area contributed by atoms with Gasteiger partial charge >= 0.3 is 6.03 Å². The van der Waals surface area contributed by atoms with Crippen molar-refractivity contribution in [2.24, 2.45) is 5.73 Å². The molecule has 0 aromatic heterocycles. The summed E-state index contributed by atoms with van der Waals surface area (Å²) >= 11 is 5.83. The molecule has 86 valence electrons. The molecular weight excluding hydrogens is 232 g/mol. The van der Waals surface area contributed by atoms with Gasteiger partial charge in [-0.2, -0.15) is 0 Å². The first-order valence-electron chi connectivity index (χ1n) is 4.52. The predicted molar refractivity (Wildman–Crippen MR) is 59.3 cm³/mol. The number of amides is 3. The van der Waals surface area contributed by atoms with E-state index in [2.05, 4.69) is 0 Å². The number of rotatable bonds is 3. The minimum Gasteiger partial charge on any atom is -0.479 e. The van der Waals surface area contributed by atoms with Crippen molar-refractivity contribution in [1.82, 2.24) is 5.32 Å². The molecule has 0 fully saturated rings. The summed E-state index contributed by atoms with van der Waals surface area (Å²) in [5, 5.41) is 2.30. The summed E-state index contributed by atoms with van der Waals surface area (Å²) in [5.74, 6) is -0.247. The lowest BCUT2D eigenvalue weighted by molar-refractivity contribution is -0.126. The number of hydrogen-bond donors (Lipinski definition) is 2. The van der Waals surface area contributed by atoms with E-state index in [0.29, 0.717) is 10.8 Å². The average Bonchev–Trinajstić information content (AvgIpc) is 2.20. The number of para-hydroxylation sites is 1. The molecule has 3 N–H and O–H groups in total. The van der Waals surface area contributed by atoms with Gasteiger partial charge in [0.1, 0.15) is 5.75 Å². The van der Waals surface area contributed by atoms with Crippen LogP contribution in [-0.2, 0) is 4.79 Å². The largest absolute Gasteiger partial charge is 0.479 e. The smallest absolute Gasteiger partial charge is 0.318 e. The lowest BCUT2D eigenvalue weighted by Gasteiger charge is -2.14. The van der Waals surface area contributed by atoms with Gasteiger partial charge in [0.15, 0.2) is 6.10 Å². The number of carbonyl (C=O) groups excluding carboxylic acids is 2. The second kappa shape index (κ2) is 5.37. The molecule has 3 amide bonds. The molecule has 1 aromatic rings. The van der Waals surface area contributed by atoms with Gasteiger partial charge in [-0.25, -0.2) is 4.79 Å². The standard InChI is InChI=1S/C10H11ClN2O3/c1-6(9(14)13-10(12)15)16-8-5-3-2-4-7(8)11/h2-6H,1H3,(H3,12,13,14,15). The number of nitrogens with two attached hydrogens (primary N) is 1. The fourth-order valence-corrected chi connectivity index (χ4v) is 1.19. The van der Waals surface area contributed by atoms with E-state index in [1.54, 1.807) is 24.3 Å². The van der Waals surface area contributed by atoms with Gasteiger partial charge in [0.25, 0.3) is 5.91 Å². The number of ether oxygens (including phenoxy) is 1. The SMILES string of the molecule is CC(Oc1ccccc1Cl)C(=O)NC(N)=O. The number of nitrogens with one attached hydrogen (secondary N) is 1. The number of hydrogen-bond acceptors (Lipinski definition) is 3. The zero-order valence-electron chi connectivity index (χ0n) is 8.57. The van der Waals surface area contributed by atoms with Crippen LogP contribution in [0.3, 0.4) is 0 Å². The Kier molecular flexibility index (Phi) is 4.13. The number of carbonyl (C=O) groups is 2. The van der Waals surface area contributed by atoms with Crippen molar-refractivity contribution < 1.29 is 14.3 Å². The van der Waals surface area contributed by atoms with E-state index in [1.165, 1.54) is 6.92 Å². The van der Waals surface area contributed by atoms with Crippen LogP contribution in [0.1, 0.15) is 6.92 Å². The number of primary amides is 1. The van der Waals surface area contributed by atoms with Crippen LogP contribution in [0.2, 0.25) is 5.02 Å². The summed E-state index contributed by atoms with van der Waals surface area (Å²) < 4.78 is 5.26. The van der Waals surface area contributed by atoms with Crippen LogP contribution in [0, 0.1) is 0 Å². The second-order valence-corrected chi connectivity index (χ2v) is 3.45. The molecular formula is C10H11ClN2O3. The maximum absolute atomic E-state index is 11.3. The van der Waals surface area contributed by atoms with Crippen molar-refractivity contribution in [3.8, 4) is 5.75 Å². The van der Waals surface area contributed by atoms with Crippen molar-refractivity contribution in [3.05, 3.63) is 29.3 Å². The minimum absolute atomic E-state index is 0.372. The Bertz CT molecular complexity index is 409. The van der Waals surface area contributed by atoms with Gasteiger partial charge in [0.2, 0.25) is 0 Å². The molecule has 1 aromatic carbocycles. The molecule has 0 saturated heterocycles. The van der Waals surface area contributed by atoms with Gasteiger partial charge < -0.3 is 10.5 Å². The highest BCUT2D eigenvalue weighted by Gasteiger charge is 2.16. The van der Waals surface area contributed by atoms with E-state index in [1.807, 2.05) is 5.32 Å². The fourth-order valence-electron chi connectivity index (χ4n) is 1.01. The van der Waals surface area contributed by atoms with Crippen LogP contribution < -0.4 is 15.8 Å². The molecule has 1 atom stereocenters. The monoisotopic (exact) mass is 242 g/mol. The molecule has 0 radical (unpaired) electrons. The number of halogens is 1. The molecule has 0 heterocycles. The van der Waals surface area contributed by atoms with Gasteiger partial charge in [-0.1, -0.05) is 23.7 Å². The van der Waals surface area contributed by atoms with Crippen LogP contribution >= 0.6 is 11.6 Å². The molecule has 0 aliphatic heterocycles. The zero-order chi connectivity index (χ0) is 12.1. The number of benzene rings is 1. The first-order valence-corrected chi connectivity index (χ1v) is 4.90. The molecule has 1 rings (SSSR count). The van der Waals surface area contributed by atoms with Crippen molar-refractivity contribution >= 4 is 23.5 Å². The van der Waals surface area contributed by atoms with Crippen molar-refractivity contribution in [2.45, 2.75) is 13.0 Å². The molecule has 0 aliphatic rings. The number of urea groups is 1. The Morgan fingerprint density at radius 1 is 1.44 bits per heavy atom. The highest BCUT2D eigenvalue weighted by atomic mass is 35.5. The van der Waals surface area contributed by atoms with Crippen molar-refractivity contribution in [2.75, 3.05) is 0 Å². The van der Waals surface area contributed by atoms with E-state index < -0.39 is 18.0 Å². The molecule has 1 unspecified atom stereocenters. The lowest BCUT2D eigenvalue weighted by Crippen LogP contribution is -2.42. The molecule has 0 aliphatic carbocycles. The summed E-state index contributed by atoms with van der Waals surface area (Å²) in [6.45, 7) is 1.49. The maximum Gasteiger partial charge on any atom is 0.318 e. The van der Waals surface area contributed by atoms with E-state index in [0.717, 1.165) is 0 Å². The Morgan fingerprint density at radius 3 is 2.62 bits per heavy atom. The summed E-state index contributed by atoms with van der Waals surface area (Å²) in [6, 6.07) is 5.80. The Labute approximate surface area is 97.5 Å². The molecule has 0 bridgehead atoms. The molecule has 6 heteroatoms. The Hall–Kier alpha value is -1.75. The van der Waals surface area contributed by atoms with Crippen molar-refractivity contribution in [3.63, 3.8) is 0 Å². The average molecular weight is 243 g/mol. The first-order chi connectivity index (χ1) is 7.50. The van der Waals surface area contributed by atoms with E-state index >= 15 is 0 Å². The topological polar surface area (TPSA) is 81.4 Å². The fraction of sp³-hybridized carbons (Fsp3) is 0.200. The van der Waals surface area contributed by atoms with Gasteiger partial charge in [-0.15, -0.1) is 0 Å². The second-order valence-electron chi connectivity index (χ2n) is 3.04. The highest BCUT2D eigenvalue weighted by Crippen LogP contribution is 2.24. The summed E-state index contributed by atoms with van der Waals surface area (Å²) in [7, 11) is 0. The summed E-state index contributed by atoms with van der Waals surface area (Å²) in [6.07, 6.45) is -0.854. The van der Waals surface area contributed by atoms with Gasteiger partial charge in [0.05, 0.1) is 5.02 Å². The van der Waals surface area contributed by atoms with Gasteiger partial charge in [-0.05, 0) is 19.1 Å². The van der Waals surface area contributed by atoms with E-state index in [-0.39, 0.29) is 0 Å². The molecule has 5 nitrogen and oxygen atoms in total. The normalized spacial score (nSPS) is 11.6. The van der Waals surface area contributed by atoms with E-state index in [9.17, 15) is 9.59 Å². The number of imide groups is 1. The van der Waals surface area contributed by atoms with Crippen LogP contribution in [0.4, 0.5) is 4.79 Å². The Morgan fingerprint density at radius 2 is 2.06 bits per heavy atom. The summed E-state index contributed by atoms with van der Waals surface area (Å²) in [5.41, 5.74) is 4.80. The lowest BCUT2D eigenvalue weighted by atomic mass is 10.3. The summed E-state index contributed by atoms with van der Waals surface area (Å²) in [4.78, 5) is 21.7. The Balaban J connectivity index is 2.64. The van der Waals surface area contributed by atoms with Crippen molar-refractivity contribution in [1.29, 1.82) is 0 Å². The third-order valence-electron chi connectivity index (χ3n) is 1.76. The van der Waals surface area contributed by atoms with Gasteiger partial charge in [-0.3, -0.25) is 10.1 Å². The van der Waals surface area contributed by atoms with E-state index in [4.69, 9.17) is 22.1 Å². The highest BCUT2D eigenvalue weighted by molar-refractivity contribution is 6.32. The zero-order valence-corrected chi connectivity index (χ0v) is 9.32. The third kappa shape index (κ3) is 3.43. The maximum atomic E-state index is 11.3. The first kappa shape index (κ1) is 12.3. The quantitative estimate of drug-likeness (QED) is 0.838. The van der Waals surface area contributed by atoms with Crippen LogP contribution in [-0.4, -0.2) is 18.0 Å². The molecule has 16 heavy (non-hydrogen) atoms. The van der Waals surface area contributed by atoms with Gasteiger partial charge in [0, 0.05) is 0 Å². The molecule has 0 spiro atoms. The van der Waals surface area contributed by atoms with Crippen LogP contribution in [0.5, 0.6) is 5.75 Å².